The summed E-state index contributed by atoms with van der Waals surface area (Å²) in [6, 6.07) is 5.33. The van der Waals surface area contributed by atoms with Crippen LogP contribution in [-0.2, 0) is 0 Å². The summed E-state index contributed by atoms with van der Waals surface area (Å²) in [4.78, 5) is 4.43. The Morgan fingerprint density at radius 1 is 1.40 bits per heavy atom. The Kier molecular flexibility index (Phi) is 3.76. The highest BCUT2D eigenvalue weighted by atomic mass is 32.2. The molecular weight excluding hydrogens is 277 g/mol. The highest BCUT2D eigenvalue weighted by Crippen LogP contribution is 2.32. The van der Waals surface area contributed by atoms with Crippen LogP contribution in [-0.4, -0.2) is 34.7 Å². The minimum Gasteiger partial charge on any atom is -0.339 e. The van der Waals surface area contributed by atoms with Gasteiger partial charge in [-0.2, -0.15) is 16.7 Å². The van der Waals surface area contributed by atoms with Gasteiger partial charge in [-0.3, -0.25) is 0 Å². The highest BCUT2D eigenvalue weighted by Gasteiger charge is 2.32. The molecule has 1 aliphatic heterocycles. The molecule has 1 aromatic carbocycles. The number of rotatable bonds is 3. The zero-order valence-electron chi connectivity index (χ0n) is 11.4. The molecule has 0 saturated carbocycles. The predicted octanol–water partition coefficient (Wildman–Crippen LogP) is 2.60. The monoisotopic (exact) mass is 293 g/mol. The standard InChI is InChI=1S/C14H16FN3OS/c1-8-3-4-9(5-11(8)15)13-17-14(19-18-13)10-6-20-7-12(10)16-2/h3-5,10,12,16H,6-7H2,1-2H3. The Morgan fingerprint density at radius 3 is 3.00 bits per heavy atom. The van der Waals surface area contributed by atoms with E-state index < -0.39 is 0 Å². The first-order valence-electron chi connectivity index (χ1n) is 6.54. The van der Waals surface area contributed by atoms with Gasteiger partial charge in [0.05, 0.1) is 5.92 Å². The molecule has 0 aliphatic carbocycles. The first-order chi connectivity index (χ1) is 9.69. The van der Waals surface area contributed by atoms with Crippen LogP contribution >= 0.6 is 11.8 Å². The molecule has 1 aromatic heterocycles. The first kappa shape index (κ1) is 13.6. The minimum atomic E-state index is -0.252. The van der Waals surface area contributed by atoms with E-state index in [1.807, 2.05) is 24.9 Å². The molecule has 2 heterocycles. The SMILES string of the molecule is CNC1CSCC1c1nc(-c2ccc(C)c(F)c2)no1. The summed E-state index contributed by atoms with van der Waals surface area (Å²) in [6.45, 7) is 1.73. The van der Waals surface area contributed by atoms with E-state index in [2.05, 4.69) is 15.5 Å². The van der Waals surface area contributed by atoms with Crippen LogP contribution in [0.4, 0.5) is 4.39 Å². The van der Waals surface area contributed by atoms with Crippen LogP contribution in [0.5, 0.6) is 0 Å². The maximum atomic E-state index is 13.6. The van der Waals surface area contributed by atoms with Gasteiger partial charge in [0.2, 0.25) is 11.7 Å². The van der Waals surface area contributed by atoms with Crippen molar-refractivity contribution in [3.05, 3.63) is 35.5 Å². The molecule has 1 fully saturated rings. The van der Waals surface area contributed by atoms with Crippen molar-refractivity contribution in [3.8, 4) is 11.4 Å². The fraction of sp³-hybridized carbons (Fsp3) is 0.429. The van der Waals surface area contributed by atoms with E-state index in [9.17, 15) is 4.39 Å². The molecule has 6 heteroatoms. The van der Waals surface area contributed by atoms with Gasteiger partial charge < -0.3 is 9.84 Å². The molecule has 1 saturated heterocycles. The summed E-state index contributed by atoms with van der Waals surface area (Å²) in [6.07, 6.45) is 0. The van der Waals surface area contributed by atoms with Crippen molar-refractivity contribution in [3.63, 3.8) is 0 Å². The number of likely N-dealkylation sites (N-methyl/N-ethyl adjacent to an activating group) is 1. The van der Waals surface area contributed by atoms with Gasteiger partial charge >= 0.3 is 0 Å². The topological polar surface area (TPSA) is 51.0 Å². The third-order valence-corrected chi connectivity index (χ3v) is 4.83. The molecule has 0 spiro atoms. The summed E-state index contributed by atoms with van der Waals surface area (Å²) < 4.78 is 19.0. The van der Waals surface area contributed by atoms with E-state index in [1.165, 1.54) is 6.07 Å². The highest BCUT2D eigenvalue weighted by molar-refractivity contribution is 7.99. The van der Waals surface area contributed by atoms with Crippen molar-refractivity contribution in [2.75, 3.05) is 18.6 Å². The van der Waals surface area contributed by atoms with Crippen molar-refractivity contribution in [1.29, 1.82) is 0 Å². The molecule has 0 radical (unpaired) electrons. The Hall–Kier alpha value is -1.40. The van der Waals surface area contributed by atoms with E-state index >= 15 is 0 Å². The summed E-state index contributed by atoms with van der Waals surface area (Å²) in [5.74, 6) is 3.06. The molecule has 3 rings (SSSR count). The van der Waals surface area contributed by atoms with Gasteiger partial charge in [-0.1, -0.05) is 17.3 Å². The van der Waals surface area contributed by atoms with Gasteiger partial charge in [0.1, 0.15) is 5.82 Å². The molecule has 0 amide bonds. The molecular formula is C14H16FN3OS. The Labute approximate surface area is 121 Å². The molecule has 4 nitrogen and oxygen atoms in total. The van der Waals surface area contributed by atoms with Crippen molar-refractivity contribution in [2.24, 2.45) is 0 Å². The number of nitrogens with zero attached hydrogens (tertiary/aromatic N) is 2. The fourth-order valence-electron chi connectivity index (χ4n) is 2.32. The van der Waals surface area contributed by atoms with Crippen LogP contribution in [0.2, 0.25) is 0 Å². The zero-order chi connectivity index (χ0) is 14.1. The third-order valence-electron chi connectivity index (χ3n) is 3.64. The van der Waals surface area contributed by atoms with Gasteiger partial charge in [-0.25, -0.2) is 4.39 Å². The number of aryl methyl sites for hydroxylation is 1. The van der Waals surface area contributed by atoms with Crippen LogP contribution in [0.25, 0.3) is 11.4 Å². The van der Waals surface area contributed by atoms with Crippen LogP contribution in [0.1, 0.15) is 17.4 Å². The average molecular weight is 293 g/mol. The van der Waals surface area contributed by atoms with Gasteiger partial charge in [0.25, 0.3) is 0 Å². The number of hydrogen-bond donors (Lipinski definition) is 1. The largest absolute Gasteiger partial charge is 0.339 e. The predicted molar refractivity (Wildman–Crippen MR) is 77.3 cm³/mol. The zero-order valence-corrected chi connectivity index (χ0v) is 12.2. The maximum absolute atomic E-state index is 13.6. The van der Waals surface area contributed by atoms with Crippen LogP contribution in [0.15, 0.2) is 22.7 Å². The van der Waals surface area contributed by atoms with Gasteiger partial charge in [-0.15, -0.1) is 0 Å². The lowest BCUT2D eigenvalue weighted by atomic mass is 10.0. The van der Waals surface area contributed by atoms with Crippen LogP contribution in [0.3, 0.4) is 0 Å². The fourth-order valence-corrected chi connectivity index (χ4v) is 3.74. The van der Waals surface area contributed by atoms with Crippen LogP contribution < -0.4 is 5.32 Å². The van der Waals surface area contributed by atoms with Gasteiger partial charge in [-0.05, 0) is 25.6 Å². The Morgan fingerprint density at radius 2 is 2.25 bits per heavy atom. The lowest BCUT2D eigenvalue weighted by Crippen LogP contribution is -2.31. The second-order valence-corrected chi connectivity index (χ2v) is 6.03. The minimum absolute atomic E-state index is 0.224. The third kappa shape index (κ3) is 2.45. The molecule has 2 atom stereocenters. The van der Waals surface area contributed by atoms with E-state index in [-0.39, 0.29) is 11.7 Å². The van der Waals surface area contributed by atoms with Crippen LogP contribution in [0, 0.1) is 12.7 Å². The number of hydrogen-bond acceptors (Lipinski definition) is 5. The van der Waals surface area contributed by atoms with Gasteiger partial charge in [0.15, 0.2) is 0 Å². The number of aromatic nitrogens is 2. The first-order valence-corrected chi connectivity index (χ1v) is 7.69. The van der Waals surface area contributed by atoms with E-state index in [0.717, 1.165) is 11.5 Å². The van der Waals surface area contributed by atoms with E-state index in [4.69, 9.17) is 4.52 Å². The van der Waals surface area contributed by atoms with E-state index in [1.54, 1.807) is 13.0 Å². The molecule has 20 heavy (non-hydrogen) atoms. The number of nitrogens with one attached hydrogen (secondary N) is 1. The molecule has 1 aliphatic rings. The molecule has 2 unspecified atom stereocenters. The molecule has 2 aromatic rings. The summed E-state index contributed by atoms with van der Waals surface area (Å²) >= 11 is 1.87. The summed E-state index contributed by atoms with van der Waals surface area (Å²) in [5.41, 5.74) is 1.26. The maximum Gasteiger partial charge on any atom is 0.232 e. The average Bonchev–Trinajstić information content (AvgIpc) is 3.09. The number of benzene rings is 1. The van der Waals surface area contributed by atoms with Crippen molar-refractivity contribution < 1.29 is 8.91 Å². The molecule has 106 valence electrons. The van der Waals surface area contributed by atoms with Gasteiger partial charge in [0, 0.05) is 23.1 Å². The lowest BCUT2D eigenvalue weighted by molar-refractivity contribution is 0.344. The number of halogens is 1. The molecule has 0 bridgehead atoms. The van der Waals surface area contributed by atoms with Crippen molar-refractivity contribution >= 4 is 11.8 Å². The van der Waals surface area contributed by atoms with Crippen molar-refractivity contribution in [2.45, 2.75) is 18.9 Å². The second kappa shape index (κ2) is 5.54. The Bertz CT molecular complexity index is 616. The second-order valence-electron chi connectivity index (χ2n) is 4.96. The quantitative estimate of drug-likeness (QED) is 0.942. The lowest BCUT2D eigenvalue weighted by Gasteiger charge is -2.13. The smallest absolute Gasteiger partial charge is 0.232 e. The molecule has 1 N–H and O–H groups in total. The summed E-state index contributed by atoms with van der Waals surface area (Å²) in [7, 11) is 1.94. The summed E-state index contributed by atoms with van der Waals surface area (Å²) in [5, 5.41) is 7.25. The Balaban J connectivity index is 1.88. The normalized spacial score (nSPS) is 22.4. The van der Waals surface area contributed by atoms with E-state index in [0.29, 0.717) is 28.9 Å². The number of thioether (sulfide) groups is 1. The van der Waals surface area contributed by atoms with Crippen molar-refractivity contribution in [1.82, 2.24) is 15.5 Å².